The summed E-state index contributed by atoms with van der Waals surface area (Å²) in [4.78, 5) is 11.7. The zero-order chi connectivity index (χ0) is 58.5. The van der Waals surface area contributed by atoms with E-state index in [1.165, 1.54) is 6.92 Å². The number of ether oxygens (including phenoxy) is 1. The third-order valence-corrected chi connectivity index (χ3v) is 13.5. The molecule has 0 bridgehead atoms. The summed E-state index contributed by atoms with van der Waals surface area (Å²) in [5.41, 5.74) is -29.2. The monoisotopic (exact) mass is 1150 g/mol. The van der Waals surface area contributed by atoms with Crippen LogP contribution in [0.15, 0.2) is 132 Å². The molecule has 29 heteroatoms. The molecule has 0 spiro atoms. The van der Waals surface area contributed by atoms with Gasteiger partial charge in [0.1, 0.15) is 33.8 Å². The van der Waals surface area contributed by atoms with Gasteiger partial charge in [0.2, 0.25) is 0 Å². The van der Waals surface area contributed by atoms with Crippen LogP contribution in [0.25, 0.3) is 0 Å². The van der Waals surface area contributed by atoms with Crippen molar-refractivity contribution in [3.8, 4) is 5.75 Å². The first kappa shape index (κ1) is 61.2. The van der Waals surface area contributed by atoms with Gasteiger partial charge in [0.15, 0.2) is 4.90 Å². The average molecular weight is 1150 g/mol. The number of esters is 1. The van der Waals surface area contributed by atoms with E-state index in [1.54, 1.807) is 18.4 Å². The Balaban J connectivity index is 0.000000455. The molecule has 6 rings (SSSR count). The Kier molecular flexibility index (Phi) is 16.6. The fraction of sp³-hybridized carbons (Fsp3) is 0.229. The Morgan fingerprint density at radius 2 is 0.623 bits per heavy atom. The van der Waals surface area contributed by atoms with E-state index in [-0.39, 0.29) is 5.97 Å². The average Bonchev–Trinajstić information content (AvgIpc) is 3.27. The molecular formula is C48H29BF24O3S. The topological polar surface area (TPSA) is 43.4 Å². The molecule has 0 saturated carbocycles. The van der Waals surface area contributed by atoms with E-state index in [0.29, 0.717) is 11.5 Å². The molecule has 0 N–H and O–H groups in total. The van der Waals surface area contributed by atoms with Crippen LogP contribution in [0.4, 0.5) is 105 Å². The second-order valence-electron chi connectivity index (χ2n) is 16.9. The summed E-state index contributed by atoms with van der Waals surface area (Å²) in [6.07, 6.45) is -53.0. The highest BCUT2D eigenvalue weighted by Gasteiger charge is 2.47. The summed E-state index contributed by atoms with van der Waals surface area (Å²) >= 11 is 0. The minimum atomic E-state index is -6.13. The van der Waals surface area contributed by atoms with Crippen molar-refractivity contribution in [2.24, 2.45) is 0 Å². The lowest BCUT2D eigenvalue weighted by Gasteiger charge is -2.46. The maximum atomic E-state index is 14.2. The summed E-state index contributed by atoms with van der Waals surface area (Å²) in [6, 6.07) is 7.76. The van der Waals surface area contributed by atoms with Crippen molar-refractivity contribution in [1.29, 1.82) is 0 Å². The zero-order valence-corrected chi connectivity index (χ0v) is 38.9. The van der Waals surface area contributed by atoms with Gasteiger partial charge in [-0.3, -0.25) is 4.79 Å². The third-order valence-electron chi connectivity index (χ3n) is 11.3. The molecule has 1 atom stereocenters. The molecule has 0 amide bonds. The van der Waals surface area contributed by atoms with Crippen molar-refractivity contribution in [1.82, 2.24) is 0 Å². The van der Waals surface area contributed by atoms with Crippen LogP contribution in [0, 0.1) is 0 Å². The van der Waals surface area contributed by atoms with Gasteiger partial charge >= 0.3 is 55.4 Å². The van der Waals surface area contributed by atoms with Crippen molar-refractivity contribution >= 4 is 43.9 Å². The van der Waals surface area contributed by atoms with E-state index in [9.17, 15) is 114 Å². The number of hydrogen-bond donors (Lipinski definition) is 0. The molecule has 77 heavy (non-hydrogen) atoms. The van der Waals surface area contributed by atoms with Crippen molar-refractivity contribution in [2.75, 3.05) is 6.26 Å². The van der Waals surface area contributed by atoms with Crippen LogP contribution >= 0.6 is 0 Å². The van der Waals surface area contributed by atoms with Crippen LogP contribution in [-0.4, -0.2) is 18.4 Å². The Labute approximate surface area is 418 Å². The van der Waals surface area contributed by atoms with E-state index in [1.807, 2.05) is 42.5 Å². The molecule has 0 radical (unpaired) electrons. The van der Waals surface area contributed by atoms with E-state index >= 15 is 0 Å². The fourth-order valence-corrected chi connectivity index (χ4v) is 9.73. The Morgan fingerprint density at radius 1 is 0.390 bits per heavy atom. The quantitative estimate of drug-likeness (QED) is 0.0501. The van der Waals surface area contributed by atoms with Gasteiger partial charge < -0.3 is 4.74 Å². The van der Waals surface area contributed by atoms with Crippen molar-refractivity contribution in [3.63, 3.8) is 0 Å². The summed E-state index contributed by atoms with van der Waals surface area (Å²) in [7, 11) is -2.11. The standard InChI is InChI=1S/C32H12BF24.C16H17O3S/c34-25(35,36)13-1-14(26(37,38)39)6-21(5-13)33(22-7-15(27(40,41)42)2-16(8-22)28(43,44)45,23-9-17(29(46,47)48)3-18(10-23)30(49,50)51)24-11-19(31(52,53)54)4-20(12-24)32(55,56)57;1-13(17)19-15-10-8-14(9-11-15)12-20(2,18)16-6-4-3-5-7-16/h1-12H;3-11H,12H2,1-2H3/q-1;+1. The lowest BCUT2D eigenvalue weighted by Crippen LogP contribution is -2.75. The molecule has 0 aromatic heterocycles. The molecule has 0 fully saturated rings. The normalized spacial score (nSPS) is 14.1. The van der Waals surface area contributed by atoms with Crippen molar-refractivity contribution < 1.29 is 119 Å². The SMILES string of the molecule is CC(=O)Oc1ccc(C[S+](C)(=O)c2ccccc2)cc1.FC(F)(F)c1cc([B-](c2cc(C(F)(F)F)cc(C(F)(F)F)c2)(c2cc(C(F)(F)F)cc(C(F)(F)F)c2)c2cc(C(F)(F)F)cc(C(F)(F)F)c2)cc(C(F)(F)F)c1. The predicted octanol–water partition coefficient (Wildman–Crippen LogP) is 14.5. The van der Waals surface area contributed by atoms with E-state index < -0.39 is 205 Å². The fourth-order valence-electron chi connectivity index (χ4n) is 8.00. The molecule has 0 aliphatic rings. The van der Waals surface area contributed by atoms with Gasteiger partial charge in [-0.2, -0.15) is 127 Å². The first-order valence-electron chi connectivity index (χ1n) is 20.9. The largest absolute Gasteiger partial charge is 0.427 e. The summed E-state index contributed by atoms with van der Waals surface area (Å²) in [5, 5.41) is 0. The van der Waals surface area contributed by atoms with Crippen LogP contribution < -0.4 is 26.6 Å². The molecule has 6 aromatic rings. The minimum absolute atomic E-state index is 0.346. The Morgan fingerprint density at radius 3 is 0.831 bits per heavy atom. The summed E-state index contributed by atoms with van der Waals surface area (Å²) < 4.78 is 359. The number of carbonyl (C=O) groups is 1. The summed E-state index contributed by atoms with van der Waals surface area (Å²) in [5.74, 6) is 0.627. The highest BCUT2D eigenvalue weighted by molar-refractivity contribution is 8.01. The van der Waals surface area contributed by atoms with E-state index in [4.69, 9.17) is 4.74 Å². The third kappa shape index (κ3) is 14.7. The maximum absolute atomic E-state index is 14.2. The molecule has 0 saturated heterocycles. The number of alkyl halides is 24. The van der Waals surface area contributed by atoms with Crippen molar-refractivity contribution in [2.45, 2.75) is 67.0 Å². The van der Waals surface area contributed by atoms with Crippen LogP contribution in [0.3, 0.4) is 0 Å². The van der Waals surface area contributed by atoms with E-state index in [2.05, 4.69) is 0 Å². The lowest BCUT2D eigenvalue weighted by atomic mass is 9.12. The van der Waals surface area contributed by atoms with Gasteiger partial charge in [0.25, 0.3) is 0 Å². The van der Waals surface area contributed by atoms with Gasteiger partial charge in [-0.15, -0.1) is 0 Å². The van der Waals surface area contributed by atoms with E-state index in [0.717, 1.165) is 10.5 Å². The highest BCUT2D eigenvalue weighted by Crippen LogP contribution is 2.41. The Bertz CT molecular complexity index is 2710. The lowest BCUT2D eigenvalue weighted by molar-refractivity contribution is -0.144. The van der Waals surface area contributed by atoms with Gasteiger partial charge in [-0.25, -0.2) is 0 Å². The number of hydrogen-bond acceptors (Lipinski definition) is 3. The van der Waals surface area contributed by atoms with Crippen LogP contribution in [-0.2, 0) is 74.1 Å². The van der Waals surface area contributed by atoms with Crippen LogP contribution in [0.2, 0.25) is 0 Å². The molecule has 3 nitrogen and oxygen atoms in total. The molecule has 416 valence electrons. The second kappa shape index (κ2) is 20.9. The van der Waals surface area contributed by atoms with Gasteiger partial charge in [-0.05, 0) is 48.5 Å². The number of halogens is 24. The first-order valence-corrected chi connectivity index (χ1v) is 23.0. The maximum Gasteiger partial charge on any atom is 0.416 e. The van der Waals surface area contributed by atoms with Gasteiger partial charge in [0.05, 0.1) is 44.5 Å². The number of benzene rings is 6. The smallest absolute Gasteiger partial charge is 0.416 e. The zero-order valence-electron chi connectivity index (χ0n) is 38.1. The number of carbonyl (C=O) groups excluding carboxylic acids is 1. The molecule has 6 aromatic carbocycles. The summed E-state index contributed by atoms with van der Waals surface area (Å²) in [6.45, 7) is 1.36. The highest BCUT2D eigenvalue weighted by atomic mass is 32.2. The minimum Gasteiger partial charge on any atom is -0.427 e. The first-order chi connectivity index (χ1) is 34.7. The second-order valence-corrected chi connectivity index (χ2v) is 19.7. The van der Waals surface area contributed by atoms with Crippen LogP contribution in [0.1, 0.15) is 57.0 Å². The van der Waals surface area contributed by atoms with Gasteiger partial charge in [-0.1, -0.05) is 83.1 Å². The predicted molar refractivity (Wildman–Crippen MR) is 230 cm³/mol. The van der Waals surface area contributed by atoms with Gasteiger partial charge in [0, 0.05) is 12.5 Å². The van der Waals surface area contributed by atoms with Crippen molar-refractivity contribution in [3.05, 3.63) is 177 Å². The molecule has 1 unspecified atom stereocenters. The molecule has 0 heterocycles. The number of rotatable bonds is 8. The Hall–Kier alpha value is -6.68. The van der Waals surface area contributed by atoms with Crippen LogP contribution in [0.5, 0.6) is 5.75 Å². The molecule has 0 aliphatic heterocycles. The molecule has 0 aliphatic carbocycles. The molecular weight excluding hydrogens is 1120 g/mol.